The van der Waals surface area contributed by atoms with Gasteiger partial charge in [0, 0.05) is 17.7 Å². The first-order valence-corrected chi connectivity index (χ1v) is 4.84. The molecule has 0 saturated carbocycles. The minimum absolute atomic E-state index is 0.0792. The van der Waals surface area contributed by atoms with Crippen LogP contribution in [-0.4, -0.2) is 0 Å². The van der Waals surface area contributed by atoms with Gasteiger partial charge in [0.1, 0.15) is 17.5 Å². The molecule has 1 aliphatic rings. The number of halogens is 3. The molecule has 15 heavy (non-hydrogen) atoms. The van der Waals surface area contributed by atoms with Gasteiger partial charge in [-0.15, -0.1) is 0 Å². The molecule has 0 N–H and O–H groups in total. The number of benzene rings is 1. The van der Waals surface area contributed by atoms with Crippen LogP contribution in [0, 0.1) is 23.9 Å². The Balaban J connectivity index is 2.47. The van der Waals surface area contributed by atoms with Crippen LogP contribution >= 0.6 is 0 Å². The second kappa shape index (κ2) is 4.09. The summed E-state index contributed by atoms with van der Waals surface area (Å²) in [4.78, 5) is 0. The largest absolute Gasteiger partial charge is 0.207 e. The molecule has 0 saturated heterocycles. The zero-order chi connectivity index (χ0) is 10.8. The van der Waals surface area contributed by atoms with Crippen molar-refractivity contribution in [2.24, 2.45) is 0 Å². The molecule has 0 spiro atoms. The van der Waals surface area contributed by atoms with Crippen LogP contribution in [0.15, 0.2) is 18.2 Å². The molecule has 2 rings (SSSR count). The molecule has 0 bridgehead atoms. The highest BCUT2D eigenvalue weighted by molar-refractivity contribution is 5.67. The Labute approximate surface area is 86.4 Å². The van der Waals surface area contributed by atoms with Crippen molar-refractivity contribution in [1.82, 2.24) is 0 Å². The van der Waals surface area contributed by atoms with E-state index in [9.17, 15) is 13.2 Å². The van der Waals surface area contributed by atoms with Crippen molar-refractivity contribution in [1.29, 1.82) is 0 Å². The molecule has 0 aromatic heterocycles. The maximum atomic E-state index is 13.4. The quantitative estimate of drug-likeness (QED) is 0.661. The van der Waals surface area contributed by atoms with E-state index in [2.05, 4.69) is 0 Å². The summed E-state index contributed by atoms with van der Waals surface area (Å²) in [6.07, 6.45) is 5.96. The number of hydrogen-bond donors (Lipinski definition) is 0. The van der Waals surface area contributed by atoms with Crippen molar-refractivity contribution in [3.05, 3.63) is 47.6 Å². The van der Waals surface area contributed by atoms with Gasteiger partial charge >= 0.3 is 0 Å². The van der Waals surface area contributed by atoms with Crippen LogP contribution in [0.4, 0.5) is 13.2 Å². The molecule has 0 fully saturated rings. The average Bonchev–Trinajstić information content (AvgIpc) is 2.17. The fourth-order valence-corrected chi connectivity index (χ4v) is 1.78. The Morgan fingerprint density at radius 3 is 2.20 bits per heavy atom. The predicted molar refractivity (Wildman–Crippen MR) is 52.4 cm³/mol. The summed E-state index contributed by atoms with van der Waals surface area (Å²) in [6, 6.07) is 1.44. The van der Waals surface area contributed by atoms with Crippen LogP contribution in [0.2, 0.25) is 0 Å². The molecule has 0 aliphatic heterocycles. The summed E-state index contributed by atoms with van der Waals surface area (Å²) >= 11 is 0. The third-order valence-electron chi connectivity index (χ3n) is 2.48. The first kappa shape index (κ1) is 10.3. The highest BCUT2D eigenvalue weighted by Crippen LogP contribution is 2.30. The van der Waals surface area contributed by atoms with Gasteiger partial charge in [-0.3, -0.25) is 0 Å². The maximum absolute atomic E-state index is 13.4. The first-order valence-electron chi connectivity index (χ1n) is 4.84. The molecule has 0 atom stereocenters. The third kappa shape index (κ3) is 2.06. The third-order valence-corrected chi connectivity index (χ3v) is 2.48. The highest BCUT2D eigenvalue weighted by Gasteiger charge is 2.16. The van der Waals surface area contributed by atoms with Gasteiger partial charge in [0.2, 0.25) is 0 Å². The van der Waals surface area contributed by atoms with Crippen molar-refractivity contribution >= 4 is 5.57 Å². The van der Waals surface area contributed by atoms with Crippen molar-refractivity contribution in [2.45, 2.75) is 19.3 Å². The molecule has 1 aliphatic carbocycles. The van der Waals surface area contributed by atoms with E-state index >= 15 is 0 Å². The molecule has 1 aromatic carbocycles. The summed E-state index contributed by atoms with van der Waals surface area (Å²) in [6.45, 7) is 0. The zero-order valence-corrected chi connectivity index (χ0v) is 8.06. The molecule has 0 unspecified atom stereocenters. The summed E-state index contributed by atoms with van der Waals surface area (Å²) in [5.41, 5.74) is 0.553. The second-order valence-electron chi connectivity index (χ2n) is 3.54. The monoisotopic (exact) mass is 211 g/mol. The number of allylic oxidation sites excluding steroid dienone is 2. The predicted octanol–water partition coefficient (Wildman–Crippen LogP) is 3.88. The lowest BCUT2D eigenvalue weighted by Gasteiger charge is -2.14. The molecule has 0 heterocycles. The van der Waals surface area contributed by atoms with Crippen LogP contribution in [-0.2, 0) is 0 Å². The van der Waals surface area contributed by atoms with Gasteiger partial charge in [-0.05, 0) is 31.3 Å². The van der Waals surface area contributed by atoms with Gasteiger partial charge in [0.25, 0.3) is 0 Å². The minimum Gasteiger partial charge on any atom is -0.207 e. The molecular formula is C12H10F3. The molecule has 0 nitrogen and oxygen atoms in total. The lowest BCUT2D eigenvalue weighted by atomic mass is 9.93. The van der Waals surface area contributed by atoms with Crippen LogP contribution in [0.1, 0.15) is 24.8 Å². The second-order valence-corrected chi connectivity index (χ2v) is 3.54. The summed E-state index contributed by atoms with van der Waals surface area (Å²) < 4.78 is 39.4. The lowest BCUT2D eigenvalue weighted by Crippen LogP contribution is -2.00. The van der Waals surface area contributed by atoms with E-state index in [4.69, 9.17) is 0 Å². The summed E-state index contributed by atoms with van der Waals surface area (Å²) in [5.74, 6) is -2.52. The Hall–Kier alpha value is -1.25. The van der Waals surface area contributed by atoms with Crippen LogP contribution in [0.5, 0.6) is 0 Å². The molecular weight excluding hydrogens is 201 g/mol. The zero-order valence-electron chi connectivity index (χ0n) is 8.06. The summed E-state index contributed by atoms with van der Waals surface area (Å²) in [7, 11) is 0. The molecule has 3 heteroatoms. The molecule has 0 amide bonds. The van der Waals surface area contributed by atoms with Crippen LogP contribution in [0.25, 0.3) is 5.57 Å². The Morgan fingerprint density at radius 2 is 1.67 bits per heavy atom. The summed E-state index contributed by atoms with van der Waals surface area (Å²) in [5, 5.41) is 0. The molecule has 1 aromatic rings. The average molecular weight is 211 g/mol. The first-order chi connectivity index (χ1) is 7.18. The molecule has 1 radical (unpaired) electrons. The van der Waals surface area contributed by atoms with Crippen molar-refractivity contribution in [3.63, 3.8) is 0 Å². The van der Waals surface area contributed by atoms with Crippen LogP contribution < -0.4 is 0 Å². The number of rotatable bonds is 1. The van der Waals surface area contributed by atoms with Crippen molar-refractivity contribution in [2.75, 3.05) is 0 Å². The Kier molecular flexibility index (Phi) is 2.80. The topological polar surface area (TPSA) is 0 Å². The Morgan fingerprint density at radius 1 is 1.00 bits per heavy atom. The van der Waals surface area contributed by atoms with E-state index in [0.717, 1.165) is 18.6 Å². The van der Waals surface area contributed by atoms with Gasteiger partial charge in [0.15, 0.2) is 0 Å². The fraction of sp³-hybridized carbons (Fsp3) is 0.250. The fourth-order valence-electron chi connectivity index (χ4n) is 1.78. The van der Waals surface area contributed by atoms with E-state index in [1.807, 2.05) is 6.42 Å². The Bertz CT molecular complexity index is 384. The van der Waals surface area contributed by atoms with Gasteiger partial charge in [-0.2, -0.15) is 0 Å². The highest BCUT2D eigenvalue weighted by atomic mass is 19.1. The van der Waals surface area contributed by atoms with E-state index in [1.54, 1.807) is 6.08 Å². The van der Waals surface area contributed by atoms with E-state index in [0.29, 0.717) is 18.4 Å². The molecule has 79 valence electrons. The maximum Gasteiger partial charge on any atom is 0.136 e. The van der Waals surface area contributed by atoms with E-state index < -0.39 is 17.5 Å². The van der Waals surface area contributed by atoms with Gasteiger partial charge < -0.3 is 0 Å². The van der Waals surface area contributed by atoms with E-state index in [1.165, 1.54) is 0 Å². The lowest BCUT2D eigenvalue weighted by molar-refractivity contribution is 0.537. The number of hydrogen-bond acceptors (Lipinski definition) is 0. The minimum atomic E-state index is -0.878. The SMILES string of the molecule is Fc1cc(F)c(C2=CC[CH]CC2)c(F)c1. The smallest absolute Gasteiger partial charge is 0.136 e. The normalized spacial score (nSPS) is 16.3. The van der Waals surface area contributed by atoms with Crippen molar-refractivity contribution < 1.29 is 13.2 Å². The van der Waals surface area contributed by atoms with Crippen LogP contribution in [0.3, 0.4) is 0 Å². The van der Waals surface area contributed by atoms with Gasteiger partial charge in [-0.1, -0.05) is 6.08 Å². The van der Waals surface area contributed by atoms with Gasteiger partial charge in [-0.25, -0.2) is 13.2 Å². The van der Waals surface area contributed by atoms with E-state index in [-0.39, 0.29) is 5.56 Å². The van der Waals surface area contributed by atoms with Crippen molar-refractivity contribution in [3.8, 4) is 0 Å². The van der Waals surface area contributed by atoms with Gasteiger partial charge in [0.05, 0.1) is 0 Å². The standard InChI is InChI=1S/C12H10F3/c13-9-6-10(14)12(11(15)7-9)8-4-2-1-3-5-8/h1,4,6-7H,2-3,5H2.